The zero-order valence-electron chi connectivity index (χ0n) is 17.1. The number of nitriles is 1. The summed E-state index contributed by atoms with van der Waals surface area (Å²) in [5.74, 6) is -0.104. The van der Waals surface area contributed by atoms with Crippen LogP contribution in [0.1, 0.15) is 34.4 Å². The molecular weight excluding hydrogens is 461 g/mol. The van der Waals surface area contributed by atoms with Crippen LogP contribution in [0.15, 0.2) is 53.6 Å². The molecule has 0 aliphatic heterocycles. The van der Waals surface area contributed by atoms with E-state index in [1.54, 1.807) is 18.2 Å². The number of carbonyl (C=O) groups excluding carboxylic acids is 1. The summed E-state index contributed by atoms with van der Waals surface area (Å²) in [5.41, 5.74) is 5.16. The number of nitrogens with one attached hydrogen (secondary N) is 1. The molecule has 4 rings (SSSR count). The summed E-state index contributed by atoms with van der Waals surface area (Å²) in [6, 6.07) is 17.2. The van der Waals surface area contributed by atoms with Gasteiger partial charge in [0.2, 0.25) is 5.91 Å². The second-order valence-electron chi connectivity index (χ2n) is 7.34. The second-order valence-corrected chi connectivity index (χ2v) is 9.17. The SMILES string of the molecule is N#Cc1c(SCC(=O)Nc2cc(Cl)cc(Cl)c2)nc2c(c1/C=C/c1ccccc1)CCC2. The third kappa shape index (κ3) is 5.34. The Morgan fingerprint density at radius 3 is 2.59 bits per heavy atom. The predicted octanol–water partition coefficient (Wildman–Crippen LogP) is 6.65. The molecule has 1 aromatic heterocycles. The van der Waals surface area contributed by atoms with Gasteiger partial charge in [-0.05, 0) is 54.2 Å². The lowest BCUT2D eigenvalue weighted by Crippen LogP contribution is -2.14. The van der Waals surface area contributed by atoms with E-state index in [2.05, 4.69) is 11.4 Å². The van der Waals surface area contributed by atoms with Crippen molar-refractivity contribution >= 4 is 58.7 Å². The van der Waals surface area contributed by atoms with Crippen molar-refractivity contribution in [2.75, 3.05) is 11.1 Å². The minimum absolute atomic E-state index is 0.117. The van der Waals surface area contributed by atoms with Crippen LogP contribution in [0.5, 0.6) is 0 Å². The molecule has 0 saturated carbocycles. The highest BCUT2D eigenvalue weighted by Crippen LogP contribution is 2.33. The number of fused-ring (bicyclic) bond motifs is 1. The maximum absolute atomic E-state index is 12.5. The van der Waals surface area contributed by atoms with Crippen molar-refractivity contribution in [1.82, 2.24) is 4.98 Å². The number of halogens is 2. The fraction of sp³-hybridized carbons (Fsp3) is 0.160. The van der Waals surface area contributed by atoms with E-state index in [0.717, 1.165) is 41.6 Å². The first-order chi connectivity index (χ1) is 15.5. The first-order valence-electron chi connectivity index (χ1n) is 10.1. The molecule has 32 heavy (non-hydrogen) atoms. The van der Waals surface area contributed by atoms with Crippen molar-refractivity contribution in [1.29, 1.82) is 5.26 Å². The predicted molar refractivity (Wildman–Crippen MR) is 132 cm³/mol. The van der Waals surface area contributed by atoms with Gasteiger partial charge < -0.3 is 5.32 Å². The van der Waals surface area contributed by atoms with Gasteiger partial charge in [0, 0.05) is 21.4 Å². The Bertz CT molecular complexity index is 1220. The lowest BCUT2D eigenvalue weighted by molar-refractivity contribution is -0.113. The highest BCUT2D eigenvalue weighted by Gasteiger charge is 2.22. The molecule has 4 nitrogen and oxygen atoms in total. The smallest absolute Gasteiger partial charge is 0.234 e. The van der Waals surface area contributed by atoms with Crippen LogP contribution in [-0.2, 0) is 17.6 Å². The molecule has 0 unspecified atom stereocenters. The molecule has 0 bridgehead atoms. The minimum Gasteiger partial charge on any atom is -0.325 e. The number of thioether (sulfide) groups is 1. The molecule has 1 N–H and O–H groups in total. The first kappa shape index (κ1) is 22.4. The Kier molecular flexibility index (Phi) is 7.16. The summed E-state index contributed by atoms with van der Waals surface area (Å²) in [6.45, 7) is 0. The number of nitrogens with zero attached hydrogens (tertiary/aromatic N) is 2. The normalized spacial score (nSPS) is 12.5. The van der Waals surface area contributed by atoms with E-state index in [1.807, 2.05) is 42.5 Å². The molecule has 1 amide bonds. The van der Waals surface area contributed by atoms with Gasteiger partial charge in [-0.15, -0.1) is 0 Å². The maximum Gasteiger partial charge on any atom is 0.234 e. The summed E-state index contributed by atoms with van der Waals surface area (Å²) >= 11 is 13.3. The molecule has 0 atom stereocenters. The quantitative estimate of drug-likeness (QED) is 0.401. The molecule has 2 aromatic carbocycles. The van der Waals surface area contributed by atoms with Gasteiger partial charge in [0.05, 0.1) is 11.3 Å². The third-order valence-electron chi connectivity index (χ3n) is 5.07. The van der Waals surface area contributed by atoms with E-state index in [1.165, 1.54) is 11.8 Å². The van der Waals surface area contributed by atoms with Gasteiger partial charge >= 0.3 is 0 Å². The van der Waals surface area contributed by atoms with Crippen LogP contribution in [0, 0.1) is 11.3 Å². The molecule has 0 fully saturated rings. The van der Waals surface area contributed by atoms with Gasteiger partial charge in [-0.3, -0.25) is 4.79 Å². The van der Waals surface area contributed by atoms with Crippen molar-refractivity contribution in [3.8, 4) is 6.07 Å². The van der Waals surface area contributed by atoms with E-state index in [4.69, 9.17) is 28.2 Å². The zero-order valence-corrected chi connectivity index (χ0v) is 19.4. The lowest BCUT2D eigenvalue weighted by atomic mass is 10.0. The molecule has 0 radical (unpaired) electrons. The highest BCUT2D eigenvalue weighted by atomic mass is 35.5. The summed E-state index contributed by atoms with van der Waals surface area (Å²) in [4.78, 5) is 17.2. The molecule has 3 aromatic rings. The fourth-order valence-corrected chi connectivity index (χ4v) is 5.02. The summed E-state index contributed by atoms with van der Waals surface area (Å²) in [6.07, 6.45) is 6.82. The van der Waals surface area contributed by atoms with Crippen molar-refractivity contribution < 1.29 is 4.79 Å². The number of carbonyl (C=O) groups is 1. The molecule has 0 spiro atoms. The second kappa shape index (κ2) is 10.2. The Morgan fingerprint density at radius 2 is 1.88 bits per heavy atom. The van der Waals surface area contributed by atoms with Gasteiger partial charge in [0.1, 0.15) is 11.1 Å². The number of benzene rings is 2. The molecule has 1 aliphatic carbocycles. The van der Waals surface area contributed by atoms with Crippen LogP contribution >= 0.6 is 35.0 Å². The standard InChI is InChI=1S/C25H19Cl2N3OS/c26-17-11-18(27)13-19(12-17)29-24(31)15-32-25-22(14-28)20(21-7-4-8-23(21)30-25)10-9-16-5-2-1-3-6-16/h1-3,5-6,9-13H,4,7-8,15H2,(H,29,31)/b10-9+. The monoisotopic (exact) mass is 479 g/mol. The van der Waals surface area contributed by atoms with Crippen molar-refractivity contribution in [3.05, 3.63) is 86.5 Å². The maximum atomic E-state index is 12.5. The average Bonchev–Trinajstić information content (AvgIpc) is 3.24. The van der Waals surface area contributed by atoms with Crippen LogP contribution < -0.4 is 5.32 Å². The minimum atomic E-state index is -0.221. The summed E-state index contributed by atoms with van der Waals surface area (Å²) in [7, 11) is 0. The Morgan fingerprint density at radius 1 is 1.12 bits per heavy atom. The Hall–Kier alpha value is -2.78. The molecular formula is C25H19Cl2N3OS. The number of hydrogen-bond donors (Lipinski definition) is 1. The molecule has 1 aliphatic rings. The number of aryl methyl sites for hydroxylation is 1. The van der Waals surface area contributed by atoms with E-state index >= 15 is 0 Å². The Balaban J connectivity index is 1.57. The molecule has 1 heterocycles. The fourth-order valence-electron chi connectivity index (χ4n) is 3.68. The van der Waals surface area contributed by atoms with Crippen LogP contribution in [-0.4, -0.2) is 16.6 Å². The van der Waals surface area contributed by atoms with Crippen LogP contribution in [0.25, 0.3) is 12.2 Å². The van der Waals surface area contributed by atoms with Crippen molar-refractivity contribution in [3.63, 3.8) is 0 Å². The zero-order chi connectivity index (χ0) is 22.5. The van der Waals surface area contributed by atoms with Gasteiger partial charge in [0.15, 0.2) is 0 Å². The lowest BCUT2D eigenvalue weighted by Gasteiger charge is -2.12. The Labute approximate surface area is 201 Å². The summed E-state index contributed by atoms with van der Waals surface area (Å²) < 4.78 is 0. The summed E-state index contributed by atoms with van der Waals surface area (Å²) in [5, 5.41) is 14.2. The molecule has 0 saturated heterocycles. The number of amides is 1. The van der Waals surface area contributed by atoms with Crippen LogP contribution in [0.4, 0.5) is 5.69 Å². The first-order valence-corrected chi connectivity index (χ1v) is 11.9. The topological polar surface area (TPSA) is 65.8 Å². The van der Waals surface area contributed by atoms with Gasteiger partial charge in [0.25, 0.3) is 0 Å². The van der Waals surface area contributed by atoms with Gasteiger partial charge in [-0.2, -0.15) is 5.26 Å². The average molecular weight is 480 g/mol. The van der Waals surface area contributed by atoms with Gasteiger partial charge in [-0.25, -0.2) is 4.98 Å². The van der Waals surface area contributed by atoms with E-state index in [0.29, 0.717) is 26.3 Å². The van der Waals surface area contributed by atoms with E-state index in [9.17, 15) is 10.1 Å². The van der Waals surface area contributed by atoms with Crippen molar-refractivity contribution in [2.45, 2.75) is 24.3 Å². The number of pyridine rings is 1. The number of aromatic nitrogens is 1. The largest absolute Gasteiger partial charge is 0.325 e. The molecule has 160 valence electrons. The molecule has 7 heteroatoms. The van der Waals surface area contributed by atoms with E-state index < -0.39 is 0 Å². The van der Waals surface area contributed by atoms with Crippen LogP contribution in [0.3, 0.4) is 0 Å². The number of anilines is 1. The highest BCUT2D eigenvalue weighted by molar-refractivity contribution is 8.00. The van der Waals surface area contributed by atoms with Gasteiger partial charge in [-0.1, -0.05) is 77.4 Å². The third-order valence-corrected chi connectivity index (χ3v) is 6.49. The van der Waals surface area contributed by atoms with E-state index in [-0.39, 0.29) is 11.7 Å². The number of rotatable bonds is 6. The van der Waals surface area contributed by atoms with Crippen LogP contribution in [0.2, 0.25) is 10.0 Å². The van der Waals surface area contributed by atoms with Crippen molar-refractivity contribution in [2.24, 2.45) is 0 Å². The number of hydrogen-bond acceptors (Lipinski definition) is 4.